The van der Waals surface area contributed by atoms with Gasteiger partial charge in [-0.3, -0.25) is 9.69 Å². The summed E-state index contributed by atoms with van der Waals surface area (Å²) >= 11 is 0. The first-order valence-corrected chi connectivity index (χ1v) is 17.7. The first-order valence-electron chi connectivity index (χ1n) is 17.7. The second-order valence-electron chi connectivity index (χ2n) is 13.5. The molecule has 0 spiro atoms. The van der Waals surface area contributed by atoms with Crippen molar-refractivity contribution in [1.29, 1.82) is 0 Å². The summed E-state index contributed by atoms with van der Waals surface area (Å²) < 4.78 is 9.77. The predicted octanol–water partition coefficient (Wildman–Crippen LogP) is 3.78. The van der Waals surface area contributed by atoms with E-state index in [0.29, 0.717) is 64.2 Å². The summed E-state index contributed by atoms with van der Waals surface area (Å²) in [7, 11) is 0. The minimum Gasteiger partial charge on any atom is -0.491 e. The number of nitrogens with one attached hydrogen (secondary N) is 3. The van der Waals surface area contributed by atoms with Crippen LogP contribution >= 0.6 is 0 Å². The Morgan fingerprint density at radius 1 is 0.922 bits per heavy atom. The smallest absolute Gasteiger partial charge is 0.315 e. The standard InChI is InChI=1S/C37H59N9O5/c1-7-30(42-36(50)43-31(8-2)15-13-24-47)14-9-11-17-41-35(49)32(38)16-10-12-20-44(27-33-39-18-21-45(33)23-25-48)28-34-40-19-22-46(34)26-29(3)51-37(4,5)6/h7-8,18-19,21-22,24-25,30-32H,1-3,9-17,20,23,26-28,38H2,4-6H3,(H,41,49)(H2,42,43,50)/t30-,31-,32+/m0/s1. The number of carbonyl (C=O) groups is 4. The zero-order valence-corrected chi connectivity index (χ0v) is 30.7. The van der Waals surface area contributed by atoms with Crippen LogP contribution in [0.3, 0.4) is 0 Å². The van der Waals surface area contributed by atoms with Crippen molar-refractivity contribution >= 4 is 24.5 Å². The highest BCUT2D eigenvalue weighted by molar-refractivity contribution is 5.81. The van der Waals surface area contributed by atoms with E-state index in [1.54, 1.807) is 30.7 Å². The topological polar surface area (TPSA) is 178 Å². The summed E-state index contributed by atoms with van der Waals surface area (Å²) in [5.41, 5.74) is 5.89. The van der Waals surface area contributed by atoms with Crippen LogP contribution in [-0.2, 0) is 45.3 Å². The summed E-state index contributed by atoms with van der Waals surface area (Å²) in [6.07, 6.45) is 17.2. The Hall–Kier alpha value is -4.56. The second kappa shape index (κ2) is 23.0. The van der Waals surface area contributed by atoms with Crippen LogP contribution in [0.5, 0.6) is 0 Å². The number of unbranched alkanes of at least 4 members (excludes halogenated alkanes) is 2. The first kappa shape index (κ1) is 42.6. The Bertz CT molecular complexity index is 1400. The summed E-state index contributed by atoms with van der Waals surface area (Å²) in [4.78, 5) is 58.1. The molecule has 51 heavy (non-hydrogen) atoms. The lowest BCUT2D eigenvalue weighted by Gasteiger charge is -2.25. The van der Waals surface area contributed by atoms with Gasteiger partial charge in [-0.1, -0.05) is 25.2 Å². The van der Waals surface area contributed by atoms with Crippen LogP contribution in [-0.4, -0.2) is 85.3 Å². The summed E-state index contributed by atoms with van der Waals surface area (Å²) in [5.74, 6) is 2.09. The van der Waals surface area contributed by atoms with Crippen molar-refractivity contribution in [2.24, 2.45) is 5.73 Å². The van der Waals surface area contributed by atoms with E-state index in [-0.39, 0.29) is 36.2 Å². The molecule has 0 aliphatic heterocycles. The monoisotopic (exact) mass is 709 g/mol. The number of aldehydes is 2. The minimum absolute atomic E-state index is 0.189. The molecule has 282 valence electrons. The number of ether oxygens (including phenoxy) is 1. The lowest BCUT2D eigenvalue weighted by atomic mass is 10.1. The average Bonchev–Trinajstić information content (AvgIpc) is 3.71. The van der Waals surface area contributed by atoms with Crippen LogP contribution in [0.2, 0.25) is 0 Å². The molecule has 0 unspecified atom stereocenters. The number of allylic oxidation sites excluding steroid dienone is 1. The number of nitrogens with two attached hydrogens (primary N) is 1. The highest BCUT2D eigenvalue weighted by Gasteiger charge is 2.18. The molecule has 0 bridgehead atoms. The second-order valence-corrected chi connectivity index (χ2v) is 13.5. The molecular weight excluding hydrogens is 650 g/mol. The van der Waals surface area contributed by atoms with Gasteiger partial charge in [0.1, 0.15) is 35.6 Å². The molecule has 0 radical (unpaired) electrons. The van der Waals surface area contributed by atoms with Crippen LogP contribution in [0.4, 0.5) is 4.79 Å². The van der Waals surface area contributed by atoms with Crippen molar-refractivity contribution in [3.63, 3.8) is 0 Å². The lowest BCUT2D eigenvalue weighted by molar-refractivity contribution is -0.122. The number of carbonyl (C=O) groups excluding carboxylic acids is 4. The molecule has 0 saturated carbocycles. The van der Waals surface area contributed by atoms with E-state index < -0.39 is 6.04 Å². The molecule has 2 heterocycles. The molecule has 2 aromatic rings. The third-order valence-corrected chi connectivity index (χ3v) is 8.02. The van der Waals surface area contributed by atoms with Crippen LogP contribution in [0.1, 0.15) is 83.8 Å². The van der Waals surface area contributed by atoms with Gasteiger partial charge in [0.25, 0.3) is 0 Å². The number of urea groups is 1. The van der Waals surface area contributed by atoms with Crippen LogP contribution in [0, 0.1) is 0 Å². The van der Waals surface area contributed by atoms with E-state index in [2.05, 4.69) is 50.6 Å². The third kappa shape index (κ3) is 17.3. The SMILES string of the molecule is C=C[C@@H](CCC=O)NC(=O)N[C@@H](C=C)CCCCNC(=O)[C@H](N)CCCCN(Cc1nccn1CC=O)Cc1nccn1CC(=C)OC(C)(C)C. The van der Waals surface area contributed by atoms with Gasteiger partial charge in [-0.25, -0.2) is 14.8 Å². The molecule has 2 aromatic heterocycles. The van der Waals surface area contributed by atoms with Crippen molar-refractivity contribution in [1.82, 2.24) is 40.0 Å². The maximum atomic E-state index is 12.7. The highest BCUT2D eigenvalue weighted by Crippen LogP contribution is 2.16. The number of amides is 3. The molecular formula is C37H59N9O5. The quantitative estimate of drug-likeness (QED) is 0.0465. The Balaban J connectivity index is 1.81. The van der Waals surface area contributed by atoms with Gasteiger partial charge < -0.3 is 45.1 Å². The van der Waals surface area contributed by atoms with Crippen molar-refractivity contribution in [2.45, 2.75) is 122 Å². The normalized spacial score (nSPS) is 13.1. The molecule has 0 aliphatic carbocycles. The lowest BCUT2D eigenvalue weighted by Crippen LogP contribution is -2.45. The number of rotatable bonds is 27. The molecule has 0 saturated heterocycles. The van der Waals surface area contributed by atoms with Gasteiger partial charge >= 0.3 is 6.03 Å². The Labute approximate surface area is 303 Å². The maximum absolute atomic E-state index is 12.7. The molecule has 0 fully saturated rings. The predicted molar refractivity (Wildman–Crippen MR) is 198 cm³/mol. The van der Waals surface area contributed by atoms with Crippen LogP contribution in [0.15, 0.2) is 62.4 Å². The van der Waals surface area contributed by atoms with E-state index in [1.165, 1.54) is 0 Å². The van der Waals surface area contributed by atoms with E-state index in [4.69, 9.17) is 10.5 Å². The van der Waals surface area contributed by atoms with Gasteiger partial charge in [0.05, 0.1) is 32.2 Å². The van der Waals surface area contributed by atoms with Crippen LogP contribution < -0.4 is 21.7 Å². The minimum atomic E-state index is -0.624. The number of hydrogen-bond donors (Lipinski definition) is 4. The van der Waals surface area contributed by atoms with E-state index in [0.717, 1.165) is 49.9 Å². The van der Waals surface area contributed by atoms with Gasteiger partial charge in [-0.2, -0.15) is 0 Å². The molecule has 2 rings (SSSR count). The fraction of sp³-hybridized carbons (Fsp3) is 0.568. The summed E-state index contributed by atoms with van der Waals surface area (Å²) in [6, 6.07) is -1.49. The third-order valence-electron chi connectivity index (χ3n) is 8.02. The van der Waals surface area contributed by atoms with Gasteiger partial charge in [0, 0.05) is 49.8 Å². The van der Waals surface area contributed by atoms with Gasteiger partial charge in [-0.15, -0.1) is 13.2 Å². The number of imidazole rings is 2. The van der Waals surface area contributed by atoms with Crippen molar-refractivity contribution in [3.05, 3.63) is 74.1 Å². The molecule has 0 aromatic carbocycles. The molecule has 3 amide bonds. The fourth-order valence-corrected chi connectivity index (χ4v) is 5.43. The Morgan fingerprint density at radius 2 is 1.53 bits per heavy atom. The van der Waals surface area contributed by atoms with Gasteiger partial charge in [0.15, 0.2) is 0 Å². The fourth-order valence-electron chi connectivity index (χ4n) is 5.43. The summed E-state index contributed by atoms with van der Waals surface area (Å²) in [6.45, 7) is 20.5. The number of nitrogens with zero attached hydrogens (tertiary/aromatic N) is 5. The molecule has 14 heteroatoms. The molecule has 5 N–H and O–H groups in total. The number of hydrogen-bond acceptors (Lipinski definition) is 9. The van der Waals surface area contributed by atoms with Crippen LogP contribution in [0.25, 0.3) is 0 Å². The molecule has 14 nitrogen and oxygen atoms in total. The Morgan fingerprint density at radius 3 is 2.14 bits per heavy atom. The maximum Gasteiger partial charge on any atom is 0.315 e. The first-order chi connectivity index (χ1) is 24.4. The van der Waals surface area contributed by atoms with E-state index >= 15 is 0 Å². The molecule has 3 atom stereocenters. The van der Waals surface area contributed by atoms with Gasteiger partial charge in [-0.05, 0) is 65.8 Å². The molecule has 0 aliphatic rings. The Kier molecular flexibility index (Phi) is 19.2. The average molecular weight is 710 g/mol. The largest absolute Gasteiger partial charge is 0.491 e. The number of aromatic nitrogens is 4. The van der Waals surface area contributed by atoms with Crippen molar-refractivity contribution in [3.8, 4) is 0 Å². The van der Waals surface area contributed by atoms with Crippen molar-refractivity contribution in [2.75, 3.05) is 13.1 Å². The summed E-state index contributed by atoms with van der Waals surface area (Å²) in [5, 5.41) is 8.58. The van der Waals surface area contributed by atoms with E-state index in [1.807, 2.05) is 36.1 Å². The van der Waals surface area contributed by atoms with Gasteiger partial charge in [0.2, 0.25) is 5.91 Å². The van der Waals surface area contributed by atoms with E-state index in [9.17, 15) is 19.2 Å². The zero-order chi connectivity index (χ0) is 37.6. The zero-order valence-electron chi connectivity index (χ0n) is 30.7. The van der Waals surface area contributed by atoms with Crippen molar-refractivity contribution < 1.29 is 23.9 Å². The highest BCUT2D eigenvalue weighted by atomic mass is 16.5.